The number of para-hydroxylation sites is 2. The first-order chi connectivity index (χ1) is 32.8. The van der Waals surface area contributed by atoms with Gasteiger partial charge >= 0.3 is 0 Å². The van der Waals surface area contributed by atoms with Crippen molar-refractivity contribution in [3.05, 3.63) is 253 Å². The van der Waals surface area contributed by atoms with Crippen LogP contribution < -0.4 is 4.90 Å². The molecule has 0 N–H and O–H groups in total. The summed E-state index contributed by atoms with van der Waals surface area (Å²) in [5.41, 5.74) is 18.3. The van der Waals surface area contributed by atoms with Crippen molar-refractivity contribution in [3.8, 4) is 27.9 Å². The maximum Gasteiger partial charge on any atom is 0.137 e. The molecule has 0 bridgehead atoms. The van der Waals surface area contributed by atoms with Crippen molar-refractivity contribution >= 4 is 82.4 Å². The summed E-state index contributed by atoms with van der Waals surface area (Å²) in [6.07, 6.45) is 0. The zero-order chi connectivity index (χ0) is 43.1. The predicted octanol–water partition coefficient (Wildman–Crippen LogP) is 16.8. The molecule has 2 aromatic heterocycles. The van der Waals surface area contributed by atoms with E-state index in [0.717, 1.165) is 55.7 Å². The van der Waals surface area contributed by atoms with E-state index in [4.69, 9.17) is 4.42 Å². The average molecular weight is 839 g/mol. The number of furan rings is 1. The van der Waals surface area contributed by atoms with Crippen LogP contribution in [0.25, 0.3) is 93.2 Å². The zero-order valence-electron chi connectivity index (χ0n) is 35.7. The van der Waals surface area contributed by atoms with Crippen LogP contribution in [0.1, 0.15) is 22.3 Å². The van der Waals surface area contributed by atoms with Gasteiger partial charge in [0.1, 0.15) is 11.2 Å². The van der Waals surface area contributed by atoms with Crippen LogP contribution in [-0.2, 0) is 5.41 Å². The van der Waals surface area contributed by atoms with Crippen molar-refractivity contribution in [2.45, 2.75) is 5.41 Å². The molecule has 0 fully saturated rings. The number of anilines is 3. The van der Waals surface area contributed by atoms with Crippen LogP contribution in [-0.4, -0.2) is 4.57 Å². The normalized spacial score (nSPS) is 13.3. The third-order valence-electron chi connectivity index (χ3n) is 14.8. The minimum atomic E-state index is -0.542. The Bertz CT molecular complexity index is 4150. The van der Waals surface area contributed by atoms with Gasteiger partial charge in [-0.1, -0.05) is 176 Å². The Hall–Kier alpha value is -8.66. The van der Waals surface area contributed by atoms with E-state index >= 15 is 0 Å². The maximum absolute atomic E-state index is 6.48. The first-order valence-electron chi connectivity index (χ1n) is 22.8. The molecule has 0 unspecified atom stereocenters. The van der Waals surface area contributed by atoms with Gasteiger partial charge in [0, 0.05) is 32.9 Å². The highest BCUT2D eigenvalue weighted by atomic mass is 16.3. The molecule has 2 aliphatic carbocycles. The summed E-state index contributed by atoms with van der Waals surface area (Å²) < 4.78 is 8.93. The largest absolute Gasteiger partial charge is 0.456 e. The lowest BCUT2D eigenvalue weighted by Crippen LogP contribution is -2.32. The first kappa shape index (κ1) is 35.8. The van der Waals surface area contributed by atoms with Crippen LogP contribution in [0.15, 0.2) is 235 Å². The molecule has 0 aliphatic heterocycles. The van der Waals surface area contributed by atoms with Crippen LogP contribution in [0.5, 0.6) is 0 Å². The molecule has 3 nitrogen and oxygen atoms in total. The van der Waals surface area contributed by atoms with Gasteiger partial charge in [0.15, 0.2) is 0 Å². The van der Waals surface area contributed by atoms with Gasteiger partial charge in [-0.2, -0.15) is 0 Å². The topological polar surface area (TPSA) is 21.3 Å². The number of aromatic nitrogens is 1. The van der Waals surface area contributed by atoms with E-state index in [9.17, 15) is 0 Å². The fourth-order valence-electron chi connectivity index (χ4n) is 12.2. The summed E-state index contributed by atoms with van der Waals surface area (Å²) in [6, 6.07) is 85.4. The molecule has 306 valence electrons. The Morgan fingerprint density at radius 3 is 1.79 bits per heavy atom. The number of benzene rings is 11. The average Bonchev–Trinajstić information content (AvgIpc) is 4.02. The molecule has 2 heterocycles. The van der Waals surface area contributed by atoms with Gasteiger partial charge in [-0.15, -0.1) is 0 Å². The maximum atomic E-state index is 6.48. The highest BCUT2D eigenvalue weighted by Crippen LogP contribution is 2.62. The smallest absolute Gasteiger partial charge is 0.137 e. The summed E-state index contributed by atoms with van der Waals surface area (Å²) in [5, 5.41) is 9.61. The number of fused-ring (bicyclic) bond motifs is 16. The van der Waals surface area contributed by atoms with Gasteiger partial charge in [-0.25, -0.2) is 0 Å². The molecule has 2 aliphatic rings. The first-order valence-corrected chi connectivity index (χ1v) is 22.8. The number of rotatable bonds is 4. The van der Waals surface area contributed by atoms with Crippen molar-refractivity contribution in [2.75, 3.05) is 4.90 Å². The second kappa shape index (κ2) is 13.2. The van der Waals surface area contributed by atoms with Gasteiger partial charge in [-0.05, 0) is 115 Å². The predicted molar refractivity (Wildman–Crippen MR) is 274 cm³/mol. The van der Waals surface area contributed by atoms with Crippen LogP contribution in [0.4, 0.5) is 17.1 Å². The van der Waals surface area contributed by atoms with Gasteiger partial charge in [0.2, 0.25) is 0 Å². The standard InChI is InChI=1S/C63H38N2O/c1-2-19-43-39(15-1)16-13-29-55(43)64(42-34-36-48-47-22-5-9-28-56(47)65(58(48)38-42)57-30-14-32-60-62(57)50-23-6-10-31-59(50)66-60)41-33-35-46-49-24-11-17-40-18-12-27-53(61(40)49)63(54(46)37-41)51-25-7-3-20-44(51)45-21-4-8-26-52(45)63/h1-38H. The summed E-state index contributed by atoms with van der Waals surface area (Å²) in [6.45, 7) is 0. The van der Waals surface area contributed by atoms with E-state index in [-0.39, 0.29) is 0 Å². The van der Waals surface area contributed by atoms with E-state index in [1.165, 1.54) is 76.8 Å². The number of hydrogen-bond acceptors (Lipinski definition) is 2. The van der Waals surface area contributed by atoms with E-state index in [1.54, 1.807) is 0 Å². The van der Waals surface area contributed by atoms with Gasteiger partial charge in [0.05, 0.1) is 33.2 Å². The second-order valence-corrected chi connectivity index (χ2v) is 17.9. The van der Waals surface area contributed by atoms with Crippen LogP contribution >= 0.6 is 0 Å². The molecule has 11 aromatic carbocycles. The van der Waals surface area contributed by atoms with Crippen LogP contribution in [0.2, 0.25) is 0 Å². The zero-order valence-corrected chi connectivity index (χ0v) is 35.7. The third kappa shape index (κ3) is 4.61. The fourth-order valence-corrected chi connectivity index (χ4v) is 12.2. The number of hydrogen-bond donors (Lipinski definition) is 0. The van der Waals surface area contributed by atoms with Crippen molar-refractivity contribution in [1.82, 2.24) is 4.57 Å². The molecular formula is C63H38N2O. The van der Waals surface area contributed by atoms with Gasteiger partial charge in [-0.3, -0.25) is 0 Å². The van der Waals surface area contributed by atoms with Crippen molar-refractivity contribution < 1.29 is 4.42 Å². The van der Waals surface area contributed by atoms with Crippen molar-refractivity contribution in [3.63, 3.8) is 0 Å². The highest BCUT2D eigenvalue weighted by Gasteiger charge is 2.50. The van der Waals surface area contributed by atoms with E-state index < -0.39 is 5.41 Å². The minimum Gasteiger partial charge on any atom is -0.456 e. The van der Waals surface area contributed by atoms with Crippen LogP contribution in [0.3, 0.4) is 0 Å². The summed E-state index contributed by atoms with van der Waals surface area (Å²) in [5.74, 6) is 0. The van der Waals surface area contributed by atoms with Crippen molar-refractivity contribution in [1.29, 1.82) is 0 Å². The summed E-state index contributed by atoms with van der Waals surface area (Å²) in [7, 11) is 0. The lowest BCUT2D eigenvalue weighted by Gasteiger charge is -2.41. The Balaban J connectivity index is 1.05. The lowest BCUT2D eigenvalue weighted by molar-refractivity contribution is 0.669. The fraction of sp³-hybridized carbons (Fsp3) is 0.0159. The molecular weight excluding hydrogens is 801 g/mol. The minimum absolute atomic E-state index is 0.542. The molecule has 0 atom stereocenters. The summed E-state index contributed by atoms with van der Waals surface area (Å²) >= 11 is 0. The van der Waals surface area contributed by atoms with E-state index in [1.807, 2.05) is 6.07 Å². The lowest BCUT2D eigenvalue weighted by atomic mass is 9.61. The Morgan fingerprint density at radius 1 is 0.348 bits per heavy atom. The molecule has 0 saturated carbocycles. The molecule has 3 heteroatoms. The molecule has 0 saturated heterocycles. The molecule has 0 radical (unpaired) electrons. The van der Waals surface area contributed by atoms with Gasteiger partial charge < -0.3 is 13.9 Å². The van der Waals surface area contributed by atoms with Crippen molar-refractivity contribution in [2.24, 2.45) is 0 Å². The third-order valence-corrected chi connectivity index (χ3v) is 14.8. The SMILES string of the molecule is c1ccc2c(c1)-c1ccccc1C21c2cc(N(c3ccc4c5ccccc5n(-c5cccc6oc7ccccc7c56)c4c3)c3cccc4ccccc34)ccc2-c2cccc3cccc1c23. The molecule has 66 heavy (non-hydrogen) atoms. The highest BCUT2D eigenvalue weighted by molar-refractivity contribution is 6.15. The molecule has 0 amide bonds. The molecule has 1 spiro atoms. The Kier molecular flexibility index (Phi) is 7.15. The van der Waals surface area contributed by atoms with E-state index in [2.05, 4.69) is 234 Å². The molecule has 15 rings (SSSR count). The Morgan fingerprint density at radius 2 is 0.924 bits per heavy atom. The Labute approximate surface area is 380 Å². The van der Waals surface area contributed by atoms with Crippen LogP contribution in [0, 0.1) is 0 Å². The quantitative estimate of drug-likeness (QED) is 0.176. The number of nitrogens with zero attached hydrogens (tertiary/aromatic N) is 2. The van der Waals surface area contributed by atoms with Gasteiger partial charge in [0.25, 0.3) is 0 Å². The van der Waals surface area contributed by atoms with E-state index in [0.29, 0.717) is 0 Å². The second-order valence-electron chi connectivity index (χ2n) is 17.9. The monoisotopic (exact) mass is 838 g/mol. The summed E-state index contributed by atoms with van der Waals surface area (Å²) in [4.78, 5) is 2.50. The molecule has 13 aromatic rings.